The highest BCUT2D eigenvalue weighted by Crippen LogP contribution is 2.21. The Morgan fingerprint density at radius 1 is 1.04 bits per heavy atom. The first-order valence-corrected chi connectivity index (χ1v) is 8.43. The van der Waals surface area contributed by atoms with Crippen LogP contribution in [0.1, 0.15) is 39.5 Å². The van der Waals surface area contributed by atoms with E-state index in [2.05, 4.69) is 11.8 Å². The third kappa shape index (κ3) is 5.96. The molecule has 0 N–H and O–H groups in total. The molecule has 0 aliphatic rings. The standard InChI is InChI=1S/C21H22O4/c1-3-8-18(4-2)24-20(22)11-7-12-21(23)25-19-14-13-16-9-5-6-10-17(16)15-19/h5-6,9-10,13-15,18H,4,7,11-12H2,1-2H3. The Hall–Kier alpha value is -2.80. The lowest BCUT2D eigenvalue weighted by molar-refractivity contribution is -0.146. The van der Waals surface area contributed by atoms with Crippen LogP contribution in [0.25, 0.3) is 10.8 Å². The van der Waals surface area contributed by atoms with Crippen molar-refractivity contribution in [2.75, 3.05) is 0 Å². The number of esters is 2. The Morgan fingerprint density at radius 2 is 1.76 bits per heavy atom. The zero-order chi connectivity index (χ0) is 18.1. The topological polar surface area (TPSA) is 52.6 Å². The molecule has 0 spiro atoms. The lowest BCUT2D eigenvalue weighted by Gasteiger charge is -2.10. The summed E-state index contributed by atoms with van der Waals surface area (Å²) in [4.78, 5) is 23.6. The van der Waals surface area contributed by atoms with E-state index >= 15 is 0 Å². The molecule has 0 amide bonds. The predicted octanol–water partition coefficient (Wildman–Crippen LogP) is 4.26. The molecule has 2 aromatic rings. The lowest BCUT2D eigenvalue weighted by Crippen LogP contribution is -2.16. The molecule has 0 saturated heterocycles. The van der Waals surface area contributed by atoms with Crippen LogP contribution in [0.3, 0.4) is 0 Å². The maximum atomic E-state index is 11.9. The summed E-state index contributed by atoms with van der Waals surface area (Å²) in [6.07, 6.45) is 1.01. The average molecular weight is 338 g/mol. The molecule has 2 rings (SSSR count). The second-order valence-corrected chi connectivity index (χ2v) is 5.62. The van der Waals surface area contributed by atoms with Gasteiger partial charge < -0.3 is 9.47 Å². The molecule has 0 aromatic heterocycles. The second kappa shape index (κ2) is 9.48. The fourth-order valence-electron chi connectivity index (χ4n) is 2.38. The van der Waals surface area contributed by atoms with E-state index in [4.69, 9.17) is 9.47 Å². The molecular formula is C21H22O4. The fraction of sp³-hybridized carbons (Fsp3) is 0.333. The minimum atomic E-state index is -0.373. The van der Waals surface area contributed by atoms with E-state index in [0.717, 1.165) is 10.8 Å². The number of hydrogen-bond acceptors (Lipinski definition) is 4. The van der Waals surface area contributed by atoms with Crippen molar-refractivity contribution >= 4 is 22.7 Å². The Kier molecular flexibility index (Phi) is 7.03. The van der Waals surface area contributed by atoms with Gasteiger partial charge in [-0.25, -0.2) is 0 Å². The molecule has 0 aliphatic heterocycles. The highest BCUT2D eigenvalue weighted by Gasteiger charge is 2.12. The zero-order valence-electron chi connectivity index (χ0n) is 14.6. The van der Waals surface area contributed by atoms with Gasteiger partial charge in [-0.2, -0.15) is 0 Å². The normalized spacial score (nSPS) is 11.3. The smallest absolute Gasteiger partial charge is 0.311 e. The number of carbonyl (C=O) groups excluding carboxylic acids is 2. The van der Waals surface area contributed by atoms with E-state index in [1.54, 1.807) is 13.0 Å². The van der Waals surface area contributed by atoms with Crippen LogP contribution in [0.2, 0.25) is 0 Å². The molecule has 0 bridgehead atoms. The minimum absolute atomic E-state index is 0.165. The third-order valence-corrected chi connectivity index (χ3v) is 3.66. The molecule has 4 nitrogen and oxygen atoms in total. The van der Waals surface area contributed by atoms with Gasteiger partial charge in [0.2, 0.25) is 0 Å². The number of rotatable bonds is 7. The highest BCUT2D eigenvalue weighted by atomic mass is 16.5. The zero-order valence-corrected chi connectivity index (χ0v) is 14.6. The van der Waals surface area contributed by atoms with Gasteiger partial charge in [0.25, 0.3) is 0 Å². The molecule has 0 fully saturated rings. The lowest BCUT2D eigenvalue weighted by atomic mass is 10.1. The average Bonchev–Trinajstić information content (AvgIpc) is 2.61. The maximum Gasteiger partial charge on any atom is 0.311 e. The van der Waals surface area contributed by atoms with Crippen LogP contribution in [0.5, 0.6) is 5.75 Å². The van der Waals surface area contributed by atoms with Gasteiger partial charge >= 0.3 is 11.9 Å². The molecule has 0 radical (unpaired) electrons. The van der Waals surface area contributed by atoms with Crippen LogP contribution in [-0.2, 0) is 14.3 Å². The van der Waals surface area contributed by atoms with E-state index < -0.39 is 0 Å². The van der Waals surface area contributed by atoms with Crippen LogP contribution in [-0.4, -0.2) is 18.0 Å². The van der Waals surface area contributed by atoms with E-state index in [-0.39, 0.29) is 30.9 Å². The summed E-state index contributed by atoms with van der Waals surface area (Å²) in [5.74, 6) is 5.37. The Bertz CT molecular complexity index is 798. The largest absolute Gasteiger partial charge is 0.449 e. The summed E-state index contributed by atoms with van der Waals surface area (Å²) in [7, 11) is 0. The van der Waals surface area contributed by atoms with Gasteiger partial charge in [-0.15, -0.1) is 5.92 Å². The first-order valence-electron chi connectivity index (χ1n) is 8.43. The van der Waals surface area contributed by atoms with Gasteiger partial charge in [0.1, 0.15) is 5.75 Å². The molecule has 130 valence electrons. The number of fused-ring (bicyclic) bond motifs is 1. The Labute approximate surface area is 148 Å². The molecule has 0 saturated carbocycles. The van der Waals surface area contributed by atoms with Crippen molar-refractivity contribution in [3.05, 3.63) is 42.5 Å². The van der Waals surface area contributed by atoms with Gasteiger partial charge in [-0.1, -0.05) is 43.2 Å². The third-order valence-electron chi connectivity index (χ3n) is 3.66. The van der Waals surface area contributed by atoms with Gasteiger partial charge in [-0.3, -0.25) is 9.59 Å². The summed E-state index contributed by atoms with van der Waals surface area (Å²) < 4.78 is 10.6. The fourth-order valence-corrected chi connectivity index (χ4v) is 2.38. The van der Waals surface area contributed by atoms with E-state index in [1.807, 2.05) is 43.3 Å². The van der Waals surface area contributed by atoms with E-state index in [9.17, 15) is 9.59 Å². The van der Waals surface area contributed by atoms with Gasteiger partial charge in [0.05, 0.1) is 0 Å². The number of hydrogen-bond donors (Lipinski definition) is 0. The minimum Gasteiger partial charge on any atom is -0.449 e. The van der Waals surface area contributed by atoms with Crippen molar-refractivity contribution < 1.29 is 19.1 Å². The molecule has 0 heterocycles. The maximum absolute atomic E-state index is 11.9. The Morgan fingerprint density at radius 3 is 2.48 bits per heavy atom. The van der Waals surface area contributed by atoms with Crippen molar-refractivity contribution in [1.29, 1.82) is 0 Å². The SMILES string of the molecule is CC#CC(CC)OC(=O)CCCC(=O)Oc1ccc2ccccc2c1. The molecule has 0 aliphatic carbocycles. The first kappa shape index (κ1) is 18.5. The number of benzene rings is 2. The molecule has 2 aromatic carbocycles. The van der Waals surface area contributed by atoms with Crippen molar-refractivity contribution in [2.24, 2.45) is 0 Å². The van der Waals surface area contributed by atoms with Crippen molar-refractivity contribution in [3.63, 3.8) is 0 Å². The summed E-state index contributed by atoms with van der Waals surface area (Å²) in [5.41, 5.74) is 0. The highest BCUT2D eigenvalue weighted by molar-refractivity contribution is 5.84. The molecule has 1 unspecified atom stereocenters. The molecule has 1 atom stereocenters. The van der Waals surface area contributed by atoms with Crippen molar-refractivity contribution in [2.45, 2.75) is 45.6 Å². The monoisotopic (exact) mass is 338 g/mol. The van der Waals surface area contributed by atoms with Crippen molar-refractivity contribution in [3.8, 4) is 17.6 Å². The predicted molar refractivity (Wildman–Crippen MR) is 97.1 cm³/mol. The van der Waals surface area contributed by atoms with Gasteiger partial charge in [0.15, 0.2) is 6.10 Å². The van der Waals surface area contributed by atoms with Crippen molar-refractivity contribution in [1.82, 2.24) is 0 Å². The van der Waals surface area contributed by atoms with E-state index in [0.29, 0.717) is 18.6 Å². The van der Waals surface area contributed by atoms with E-state index in [1.165, 1.54) is 0 Å². The number of ether oxygens (including phenoxy) is 2. The molecule has 4 heteroatoms. The summed E-state index contributed by atoms with van der Waals surface area (Å²) in [6.45, 7) is 3.61. The Balaban J connectivity index is 1.77. The summed E-state index contributed by atoms with van der Waals surface area (Å²) in [6, 6.07) is 13.4. The van der Waals surface area contributed by atoms with Crippen LogP contribution in [0.4, 0.5) is 0 Å². The van der Waals surface area contributed by atoms with Crippen LogP contribution in [0.15, 0.2) is 42.5 Å². The van der Waals surface area contributed by atoms with Crippen LogP contribution < -0.4 is 4.74 Å². The first-order chi connectivity index (χ1) is 12.1. The summed E-state index contributed by atoms with van der Waals surface area (Å²) in [5, 5.41) is 2.10. The summed E-state index contributed by atoms with van der Waals surface area (Å²) >= 11 is 0. The van der Waals surface area contributed by atoms with Crippen LogP contribution in [0, 0.1) is 11.8 Å². The van der Waals surface area contributed by atoms with Gasteiger partial charge in [-0.05, 0) is 42.7 Å². The second-order valence-electron chi connectivity index (χ2n) is 5.62. The number of carbonyl (C=O) groups is 2. The molecular weight excluding hydrogens is 316 g/mol. The quantitative estimate of drug-likeness (QED) is 0.430. The van der Waals surface area contributed by atoms with Gasteiger partial charge in [0, 0.05) is 12.8 Å². The van der Waals surface area contributed by atoms with Crippen LogP contribution >= 0.6 is 0 Å². The molecule has 25 heavy (non-hydrogen) atoms.